The van der Waals surface area contributed by atoms with Crippen LogP contribution < -0.4 is 10.2 Å². The van der Waals surface area contributed by atoms with Gasteiger partial charge < -0.3 is 15.1 Å². The van der Waals surface area contributed by atoms with Crippen LogP contribution in [0.4, 0.5) is 14.5 Å². The van der Waals surface area contributed by atoms with Gasteiger partial charge in [-0.2, -0.15) is 0 Å². The number of nitrogens with zero attached hydrogens (tertiary/aromatic N) is 3. The average molecular weight is 362 g/mol. The molecule has 1 aliphatic heterocycles. The SMILES string of the molecule is CN(C)c1ccc2nccc(C(=O)NCC(=O)N3CCC(F)(F)C3)c2c1. The van der Waals surface area contributed by atoms with Crippen LogP contribution in [0.15, 0.2) is 30.5 Å². The smallest absolute Gasteiger partial charge is 0.267 e. The summed E-state index contributed by atoms with van der Waals surface area (Å²) in [6.45, 7) is -0.899. The molecule has 1 fully saturated rings. The van der Waals surface area contributed by atoms with Crippen molar-refractivity contribution in [2.24, 2.45) is 0 Å². The summed E-state index contributed by atoms with van der Waals surface area (Å²) in [5, 5.41) is 3.19. The fourth-order valence-corrected chi connectivity index (χ4v) is 2.92. The predicted octanol–water partition coefficient (Wildman–Crippen LogP) is 1.90. The highest BCUT2D eigenvalue weighted by Gasteiger charge is 2.40. The van der Waals surface area contributed by atoms with Crippen molar-refractivity contribution in [1.82, 2.24) is 15.2 Å². The van der Waals surface area contributed by atoms with Gasteiger partial charge in [0, 0.05) is 44.3 Å². The lowest BCUT2D eigenvalue weighted by atomic mass is 10.1. The first-order chi connectivity index (χ1) is 12.3. The van der Waals surface area contributed by atoms with Gasteiger partial charge in [-0.15, -0.1) is 0 Å². The number of alkyl halides is 2. The van der Waals surface area contributed by atoms with Crippen molar-refractivity contribution in [1.29, 1.82) is 0 Å². The highest BCUT2D eigenvalue weighted by molar-refractivity contribution is 6.07. The Balaban J connectivity index is 1.73. The fourth-order valence-electron chi connectivity index (χ4n) is 2.92. The van der Waals surface area contributed by atoms with Crippen molar-refractivity contribution in [3.63, 3.8) is 0 Å². The van der Waals surface area contributed by atoms with Crippen molar-refractivity contribution in [3.8, 4) is 0 Å². The van der Waals surface area contributed by atoms with E-state index >= 15 is 0 Å². The Bertz CT molecular complexity index is 854. The van der Waals surface area contributed by atoms with Gasteiger partial charge >= 0.3 is 0 Å². The van der Waals surface area contributed by atoms with E-state index in [2.05, 4.69) is 10.3 Å². The normalized spacial score (nSPS) is 15.9. The third-order valence-corrected chi connectivity index (χ3v) is 4.41. The van der Waals surface area contributed by atoms with Crippen molar-refractivity contribution in [2.45, 2.75) is 12.3 Å². The largest absolute Gasteiger partial charge is 0.378 e. The molecule has 3 rings (SSSR count). The third-order valence-electron chi connectivity index (χ3n) is 4.41. The zero-order chi connectivity index (χ0) is 18.9. The molecule has 2 heterocycles. The van der Waals surface area contributed by atoms with E-state index in [4.69, 9.17) is 0 Å². The molecular weight excluding hydrogens is 342 g/mol. The second-order valence-corrected chi connectivity index (χ2v) is 6.56. The molecule has 0 aliphatic carbocycles. The Kier molecular flexibility index (Phi) is 4.76. The van der Waals surface area contributed by atoms with Crippen LogP contribution in [-0.2, 0) is 4.79 Å². The topological polar surface area (TPSA) is 65.5 Å². The van der Waals surface area contributed by atoms with Gasteiger partial charge in [-0.05, 0) is 24.3 Å². The van der Waals surface area contributed by atoms with Gasteiger partial charge in [0.25, 0.3) is 11.8 Å². The first-order valence-electron chi connectivity index (χ1n) is 8.27. The zero-order valence-corrected chi connectivity index (χ0v) is 14.6. The Morgan fingerprint density at radius 2 is 2.08 bits per heavy atom. The maximum absolute atomic E-state index is 13.2. The number of benzene rings is 1. The number of rotatable bonds is 4. The zero-order valence-electron chi connectivity index (χ0n) is 14.6. The lowest BCUT2D eigenvalue weighted by Gasteiger charge is -2.17. The monoisotopic (exact) mass is 362 g/mol. The summed E-state index contributed by atoms with van der Waals surface area (Å²) in [5.74, 6) is -3.79. The lowest BCUT2D eigenvalue weighted by Crippen LogP contribution is -2.40. The van der Waals surface area contributed by atoms with E-state index in [0.29, 0.717) is 16.5 Å². The summed E-state index contributed by atoms with van der Waals surface area (Å²) in [6.07, 6.45) is 1.18. The standard InChI is InChI=1S/C18H20F2N4O2/c1-23(2)12-3-4-15-14(9-12)13(5-7-21-15)17(26)22-10-16(25)24-8-6-18(19,20)11-24/h3-5,7,9H,6,8,10-11H2,1-2H3,(H,22,26). The first kappa shape index (κ1) is 18.0. The molecule has 138 valence electrons. The summed E-state index contributed by atoms with van der Waals surface area (Å²) >= 11 is 0. The highest BCUT2D eigenvalue weighted by Crippen LogP contribution is 2.26. The molecule has 0 unspecified atom stereocenters. The van der Waals surface area contributed by atoms with Crippen molar-refractivity contribution in [2.75, 3.05) is 38.6 Å². The minimum absolute atomic E-state index is 0.00604. The van der Waals surface area contributed by atoms with Gasteiger partial charge in [0.05, 0.1) is 24.2 Å². The molecule has 26 heavy (non-hydrogen) atoms. The number of hydrogen-bond donors (Lipinski definition) is 1. The van der Waals surface area contributed by atoms with Gasteiger partial charge in [0.1, 0.15) is 0 Å². The number of aromatic nitrogens is 1. The van der Waals surface area contributed by atoms with E-state index in [9.17, 15) is 18.4 Å². The Hall–Kier alpha value is -2.77. The number of hydrogen-bond acceptors (Lipinski definition) is 4. The fraction of sp³-hybridized carbons (Fsp3) is 0.389. The van der Waals surface area contributed by atoms with Crippen LogP contribution in [0.3, 0.4) is 0 Å². The maximum atomic E-state index is 13.2. The van der Waals surface area contributed by atoms with Crippen LogP contribution in [-0.4, -0.2) is 61.4 Å². The number of carbonyl (C=O) groups is 2. The average Bonchev–Trinajstić information content (AvgIpc) is 2.98. The third kappa shape index (κ3) is 3.74. The molecule has 1 saturated heterocycles. The minimum atomic E-state index is -2.84. The first-order valence-corrected chi connectivity index (χ1v) is 8.27. The summed E-state index contributed by atoms with van der Waals surface area (Å²) in [4.78, 5) is 31.8. The van der Waals surface area contributed by atoms with Crippen LogP contribution in [0.1, 0.15) is 16.8 Å². The summed E-state index contributed by atoms with van der Waals surface area (Å²) in [6, 6.07) is 7.14. The number of likely N-dealkylation sites (tertiary alicyclic amines) is 1. The molecule has 0 spiro atoms. The van der Waals surface area contributed by atoms with Gasteiger partial charge in [0.15, 0.2) is 0 Å². The van der Waals surface area contributed by atoms with Crippen molar-refractivity contribution in [3.05, 3.63) is 36.0 Å². The van der Waals surface area contributed by atoms with E-state index in [-0.39, 0.29) is 19.5 Å². The van der Waals surface area contributed by atoms with Crippen molar-refractivity contribution >= 4 is 28.4 Å². The molecule has 0 bridgehead atoms. The van der Waals surface area contributed by atoms with Crippen LogP contribution in [0.25, 0.3) is 10.9 Å². The van der Waals surface area contributed by atoms with Crippen molar-refractivity contribution < 1.29 is 18.4 Å². The molecule has 0 saturated carbocycles. The van der Waals surface area contributed by atoms with E-state index in [0.717, 1.165) is 10.6 Å². The Morgan fingerprint density at radius 1 is 1.31 bits per heavy atom. The number of fused-ring (bicyclic) bond motifs is 1. The molecule has 1 aliphatic rings. The van der Waals surface area contributed by atoms with Gasteiger partial charge in [-0.3, -0.25) is 14.6 Å². The molecule has 0 radical (unpaired) electrons. The van der Waals surface area contributed by atoms with Gasteiger partial charge in [0.2, 0.25) is 5.91 Å². The Morgan fingerprint density at radius 3 is 2.73 bits per heavy atom. The second kappa shape index (κ2) is 6.86. The predicted molar refractivity (Wildman–Crippen MR) is 94.5 cm³/mol. The van der Waals surface area contributed by atoms with Gasteiger partial charge in [-0.1, -0.05) is 0 Å². The summed E-state index contributed by atoms with van der Waals surface area (Å²) < 4.78 is 26.4. The summed E-state index contributed by atoms with van der Waals surface area (Å²) in [7, 11) is 3.78. The van der Waals surface area contributed by atoms with E-state index < -0.39 is 24.3 Å². The molecule has 2 aromatic rings. The molecule has 6 nitrogen and oxygen atoms in total. The Labute approximate surface area is 149 Å². The lowest BCUT2D eigenvalue weighted by molar-refractivity contribution is -0.130. The molecule has 1 aromatic carbocycles. The molecule has 0 atom stereocenters. The highest BCUT2D eigenvalue weighted by atomic mass is 19.3. The number of amides is 2. The molecule has 1 aromatic heterocycles. The molecule has 2 amide bonds. The van der Waals surface area contributed by atoms with Crippen LogP contribution in [0.5, 0.6) is 0 Å². The van der Waals surface area contributed by atoms with E-state index in [1.54, 1.807) is 6.07 Å². The van der Waals surface area contributed by atoms with E-state index in [1.807, 2.05) is 37.2 Å². The maximum Gasteiger partial charge on any atom is 0.267 e. The number of anilines is 1. The number of halogens is 2. The molecule has 1 N–H and O–H groups in total. The van der Waals surface area contributed by atoms with Gasteiger partial charge in [-0.25, -0.2) is 8.78 Å². The second-order valence-electron chi connectivity index (χ2n) is 6.56. The molecule has 8 heteroatoms. The van der Waals surface area contributed by atoms with Crippen LogP contribution >= 0.6 is 0 Å². The number of carbonyl (C=O) groups excluding carboxylic acids is 2. The number of pyridine rings is 1. The molecular formula is C18H20F2N4O2. The summed E-state index contributed by atoms with van der Waals surface area (Å²) in [5.41, 5.74) is 1.96. The van der Waals surface area contributed by atoms with Crippen LogP contribution in [0.2, 0.25) is 0 Å². The number of nitrogens with one attached hydrogen (secondary N) is 1. The minimum Gasteiger partial charge on any atom is -0.378 e. The van der Waals surface area contributed by atoms with E-state index in [1.165, 1.54) is 6.20 Å². The van der Waals surface area contributed by atoms with Crippen LogP contribution in [0, 0.1) is 0 Å². The quantitative estimate of drug-likeness (QED) is 0.902.